The quantitative estimate of drug-likeness (QED) is 0.825. The van der Waals surface area contributed by atoms with E-state index in [-0.39, 0.29) is 5.56 Å². The molecule has 3 nitrogen and oxygen atoms in total. The average molecular weight is 236 g/mol. The molecule has 0 saturated heterocycles. The van der Waals surface area contributed by atoms with Gasteiger partial charge < -0.3 is 11.1 Å². The Labute approximate surface area is 100 Å². The van der Waals surface area contributed by atoms with Gasteiger partial charge >= 0.3 is 0 Å². The van der Waals surface area contributed by atoms with Gasteiger partial charge in [0.15, 0.2) is 0 Å². The average Bonchev–Trinajstić information content (AvgIpc) is 3.04. The summed E-state index contributed by atoms with van der Waals surface area (Å²) in [5.74, 6) is -0.479. The lowest BCUT2D eigenvalue weighted by Gasteiger charge is -2.15. The molecule has 1 saturated carbocycles. The minimum absolute atomic E-state index is 0.0615. The molecule has 0 radical (unpaired) electrons. The van der Waals surface area contributed by atoms with Gasteiger partial charge in [-0.1, -0.05) is 12.8 Å². The molecule has 92 valence electrons. The number of halogens is 1. The van der Waals surface area contributed by atoms with Crippen LogP contribution in [0.4, 0.5) is 10.1 Å². The Morgan fingerprint density at radius 2 is 2.29 bits per heavy atom. The van der Waals surface area contributed by atoms with Crippen LogP contribution < -0.4 is 11.1 Å². The summed E-state index contributed by atoms with van der Waals surface area (Å²) in [5.41, 5.74) is 5.78. The topological polar surface area (TPSA) is 55.1 Å². The second kappa shape index (κ2) is 4.73. The first-order valence-electron chi connectivity index (χ1n) is 5.92. The van der Waals surface area contributed by atoms with Crippen molar-refractivity contribution >= 4 is 11.6 Å². The normalized spacial score (nSPS) is 16.6. The van der Waals surface area contributed by atoms with Crippen LogP contribution in [0.5, 0.6) is 0 Å². The maximum absolute atomic E-state index is 13.2. The molecule has 1 fully saturated rings. The van der Waals surface area contributed by atoms with Gasteiger partial charge in [-0.25, -0.2) is 4.39 Å². The number of rotatable bonds is 5. The first-order chi connectivity index (χ1) is 8.06. The number of benzene rings is 1. The highest BCUT2D eigenvalue weighted by Crippen LogP contribution is 2.34. The number of nitrogens with one attached hydrogen (secondary N) is 1. The van der Waals surface area contributed by atoms with E-state index >= 15 is 0 Å². The summed E-state index contributed by atoms with van der Waals surface area (Å²) in [6.45, 7) is 2.09. The number of hydrogen-bond donors (Lipinski definition) is 2. The summed E-state index contributed by atoms with van der Waals surface area (Å²) < 4.78 is 13.2. The molecule has 2 rings (SSSR count). The Bertz CT molecular complexity index is 429. The first kappa shape index (κ1) is 11.9. The van der Waals surface area contributed by atoms with Gasteiger partial charge in [-0.3, -0.25) is 4.79 Å². The van der Waals surface area contributed by atoms with Gasteiger partial charge in [0.05, 0.1) is 5.56 Å². The Balaban J connectivity index is 2.04. The van der Waals surface area contributed by atoms with Gasteiger partial charge in [0, 0.05) is 11.7 Å². The molecule has 1 unspecified atom stereocenters. The van der Waals surface area contributed by atoms with Crippen molar-refractivity contribution in [2.45, 2.75) is 32.2 Å². The molecule has 17 heavy (non-hydrogen) atoms. The second-order valence-electron chi connectivity index (χ2n) is 4.78. The van der Waals surface area contributed by atoms with Crippen molar-refractivity contribution < 1.29 is 9.18 Å². The molecule has 1 aliphatic carbocycles. The van der Waals surface area contributed by atoms with Gasteiger partial charge in [0.2, 0.25) is 0 Å². The van der Waals surface area contributed by atoms with Crippen LogP contribution in [0.1, 0.15) is 36.5 Å². The zero-order valence-corrected chi connectivity index (χ0v) is 9.87. The lowest BCUT2D eigenvalue weighted by molar-refractivity contribution is 0.0996. The van der Waals surface area contributed by atoms with Crippen molar-refractivity contribution in [3.8, 4) is 0 Å². The van der Waals surface area contributed by atoms with Crippen molar-refractivity contribution in [3.63, 3.8) is 0 Å². The van der Waals surface area contributed by atoms with Crippen LogP contribution in [-0.4, -0.2) is 11.9 Å². The lowest BCUT2D eigenvalue weighted by atomic mass is 10.1. The third-order valence-electron chi connectivity index (χ3n) is 3.03. The number of primary amides is 1. The van der Waals surface area contributed by atoms with E-state index in [1.165, 1.54) is 25.0 Å². The van der Waals surface area contributed by atoms with Crippen LogP contribution in [0.3, 0.4) is 0 Å². The third kappa shape index (κ3) is 3.19. The first-order valence-corrected chi connectivity index (χ1v) is 5.92. The minimum Gasteiger partial charge on any atom is -0.383 e. The van der Waals surface area contributed by atoms with Gasteiger partial charge in [-0.15, -0.1) is 0 Å². The maximum Gasteiger partial charge on any atom is 0.251 e. The Hall–Kier alpha value is -1.58. The molecule has 1 aromatic rings. The molecular formula is C13H17FN2O. The van der Waals surface area contributed by atoms with Gasteiger partial charge in [-0.05, 0) is 37.5 Å². The van der Waals surface area contributed by atoms with Crippen molar-refractivity contribution in [2.24, 2.45) is 11.7 Å². The number of carbonyl (C=O) groups excluding carboxylic acids is 1. The predicted octanol–water partition coefficient (Wildman–Crippen LogP) is 2.53. The molecule has 0 aliphatic heterocycles. The Kier molecular flexibility index (Phi) is 3.31. The molecule has 3 N–H and O–H groups in total. The van der Waals surface area contributed by atoms with Crippen LogP contribution in [0.25, 0.3) is 0 Å². The Morgan fingerprint density at radius 3 is 2.88 bits per heavy atom. The largest absolute Gasteiger partial charge is 0.383 e. The molecule has 0 aromatic heterocycles. The van der Waals surface area contributed by atoms with Gasteiger partial charge in [0.1, 0.15) is 5.82 Å². The lowest BCUT2D eigenvalue weighted by Crippen LogP contribution is -2.17. The molecular weight excluding hydrogens is 219 g/mol. The summed E-state index contributed by atoms with van der Waals surface area (Å²) in [5, 5.41) is 3.26. The third-order valence-corrected chi connectivity index (χ3v) is 3.03. The highest BCUT2D eigenvalue weighted by Gasteiger charge is 2.23. The zero-order chi connectivity index (χ0) is 12.4. The van der Waals surface area contributed by atoms with Crippen molar-refractivity contribution in [3.05, 3.63) is 29.6 Å². The fourth-order valence-electron chi connectivity index (χ4n) is 2.00. The molecule has 1 atom stereocenters. The predicted molar refractivity (Wildman–Crippen MR) is 65.3 cm³/mol. The van der Waals surface area contributed by atoms with E-state index in [1.807, 2.05) is 0 Å². The van der Waals surface area contributed by atoms with Crippen LogP contribution in [0.15, 0.2) is 18.2 Å². The second-order valence-corrected chi connectivity index (χ2v) is 4.78. The molecule has 4 heteroatoms. The zero-order valence-electron chi connectivity index (χ0n) is 9.87. The summed E-state index contributed by atoms with van der Waals surface area (Å²) in [6, 6.07) is 4.70. The fraction of sp³-hybridized carbons (Fsp3) is 0.462. The van der Waals surface area contributed by atoms with E-state index in [0.29, 0.717) is 6.04 Å². The number of nitrogens with two attached hydrogens (primary N) is 1. The molecule has 1 aliphatic rings. The highest BCUT2D eigenvalue weighted by atomic mass is 19.1. The number of hydrogen-bond acceptors (Lipinski definition) is 2. The van der Waals surface area contributed by atoms with E-state index in [9.17, 15) is 9.18 Å². The van der Waals surface area contributed by atoms with Crippen LogP contribution in [0.2, 0.25) is 0 Å². The Morgan fingerprint density at radius 1 is 1.59 bits per heavy atom. The number of anilines is 1. The van der Waals surface area contributed by atoms with E-state index in [2.05, 4.69) is 12.2 Å². The van der Waals surface area contributed by atoms with Crippen molar-refractivity contribution in [1.82, 2.24) is 0 Å². The van der Waals surface area contributed by atoms with E-state index in [0.717, 1.165) is 18.0 Å². The highest BCUT2D eigenvalue weighted by molar-refractivity contribution is 5.94. The SMILES string of the molecule is CC(CC1CC1)Nc1ccc(F)c(C(N)=O)c1. The minimum atomic E-state index is -0.735. The van der Waals surface area contributed by atoms with Crippen LogP contribution in [0, 0.1) is 11.7 Å². The van der Waals surface area contributed by atoms with E-state index in [4.69, 9.17) is 5.73 Å². The number of amides is 1. The fourth-order valence-corrected chi connectivity index (χ4v) is 2.00. The monoisotopic (exact) mass is 236 g/mol. The van der Waals surface area contributed by atoms with E-state index < -0.39 is 11.7 Å². The van der Waals surface area contributed by atoms with E-state index in [1.54, 1.807) is 6.07 Å². The molecule has 1 amide bonds. The number of carbonyl (C=O) groups is 1. The van der Waals surface area contributed by atoms with Crippen molar-refractivity contribution in [1.29, 1.82) is 0 Å². The van der Waals surface area contributed by atoms with Crippen molar-refractivity contribution in [2.75, 3.05) is 5.32 Å². The molecule has 0 spiro atoms. The summed E-state index contributed by atoms with van der Waals surface area (Å²) in [6.07, 6.45) is 3.73. The molecule has 0 bridgehead atoms. The standard InChI is InChI=1S/C13H17FN2O/c1-8(6-9-2-3-9)16-10-4-5-12(14)11(7-10)13(15)17/h4-5,7-9,16H,2-3,6H2,1H3,(H2,15,17). The van der Waals surface area contributed by atoms with Crippen LogP contribution >= 0.6 is 0 Å². The maximum atomic E-state index is 13.2. The molecule has 0 heterocycles. The summed E-state index contributed by atoms with van der Waals surface area (Å²) in [4.78, 5) is 11.0. The van der Waals surface area contributed by atoms with Gasteiger partial charge in [0.25, 0.3) is 5.91 Å². The summed E-state index contributed by atoms with van der Waals surface area (Å²) in [7, 11) is 0. The summed E-state index contributed by atoms with van der Waals surface area (Å²) >= 11 is 0. The molecule has 1 aromatic carbocycles. The van der Waals surface area contributed by atoms with Crippen LogP contribution in [-0.2, 0) is 0 Å². The smallest absolute Gasteiger partial charge is 0.251 e. The van der Waals surface area contributed by atoms with Gasteiger partial charge in [-0.2, -0.15) is 0 Å².